The smallest absolute Gasteiger partial charge is 0.462 e. The average Bonchev–Trinajstić information content (AvgIpc) is 0.910. The van der Waals surface area contributed by atoms with E-state index in [9.17, 15) is 43.2 Å². The molecule has 612 valence electrons. The number of hydrogen-bond acceptors (Lipinski definition) is 15. The van der Waals surface area contributed by atoms with Crippen molar-refractivity contribution in [2.45, 2.75) is 464 Å². The molecule has 17 nitrogen and oxygen atoms in total. The molecule has 0 radical (unpaired) electrons. The van der Waals surface area contributed by atoms with Gasteiger partial charge in [-0.05, 0) is 37.5 Å². The first-order chi connectivity index (χ1) is 49.9. The fourth-order valence-electron chi connectivity index (χ4n) is 13.0. The zero-order valence-corrected chi connectivity index (χ0v) is 69.4. The van der Waals surface area contributed by atoms with E-state index < -0.39 is 97.5 Å². The van der Waals surface area contributed by atoms with Gasteiger partial charge in [0.05, 0.1) is 26.4 Å². The summed E-state index contributed by atoms with van der Waals surface area (Å²) in [5, 5.41) is 10.7. The van der Waals surface area contributed by atoms with Crippen LogP contribution in [0.15, 0.2) is 0 Å². The topological polar surface area (TPSA) is 237 Å². The van der Waals surface area contributed by atoms with E-state index in [-0.39, 0.29) is 25.7 Å². The minimum atomic E-state index is -4.96. The van der Waals surface area contributed by atoms with Gasteiger partial charge < -0.3 is 33.8 Å². The van der Waals surface area contributed by atoms with Gasteiger partial charge in [-0.2, -0.15) is 0 Å². The van der Waals surface area contributed by atoms with Crippen LogP contribution >= 0.6 is 15.6 Å². The van der Waals surface area contributed by atoms with Crippen LogP contribution in [0, 0.1) is 11.8 Å². The Bertz CT molecular complexity index is 1980. The molecular formula is C84H164O17P2. The molecule has 0 aliphatic carbocycles. The van der Waals surface area contributed by atoms with Crippen LogP contribution in [0.4, 0.5) is 0 Å². The van der Waals surface area contributed by atoms with Crippen molar-refractivity contribution in [2.24, 2.45) is 11.8 Å². The highest BCUT2D eigenvalue weighted by molar-refractivity contribution is 7.47. The van der Waals surface area contributed by atoms with E-state index >= 15 is 0 Å². The number of ether oxygens (including phenoxy) is 4. The maximum Gasteiger partial charge on any atom is 0.472 e. The number of carbonyl (C=O) groups is 4. The molecule has 0 saturated heterocycles. The van der Waals surface area contributed by atoms with Crippen molar-refractivity contribution >= 4 is 39.5 Å². The maximum atomic E-state index is 13.1. The lowest BCUT2D eigenvalue weighted by molar-refractivity contribution is -0.161. The predicted octanol–water partition coefficient (Wildman–Crippen LogP) is 25.5. The molecule has 3 N–H and O–H groups in total. The molecule has 0 spiro atoms. The summed E-state index contributed by atoms with van der Waals surface area (Å²) in [6, 6.07) is 0. The van der Waals surface area contributed by atoms with Crippen LogP contribution in [0.1, 0.15) is 446 Å². The number of esters is 4. The van der Waals surface area contributed by atoms with Gasteiger partial charge in [0.25, 0.3) is 0 Å². The minimum absolute atomic E-state index is 0.105. The van der Waals surface area contributed by atoms with E-state index in [2.05, 4.69) is 41.5 Å². The molecule has 0 fully saturated rings. The van der Waals surface area contributed by atoms with Crippen molar-refractivity contribution in [1.82, 2.24) is 0 Å². The molecule has 0 aliphatic heterocycles. The lowest BCUT2D eigenvalue weighted by Gasteiger charge is -2.21. The van der Waals surface area contributed by atoms with Gasteiger partial charge in [-0.1, -0.05) is 395 Å². The Morgan fingerprint density at radius 3 is 0.738 bits per heavy atom. The van der Waals surface area contributed by atoms with Gasteiger partial charge in [0.1, 0.15) is 19.3 Å². The second kappa shape index (κ2) is 75.5. The van der Waals surface area contributed by atoms with Crippen molar-refractivity contribution < 1.29 is 80.2 Å². The van der Waals surface area contributed by atoms with Gasteiger partial charge in [0, 0.05) is 25.7 Å². The molecule has 103 heavy (non-hydrogen) atoms. The molecule has 0 bridgehead atoms. The quantitative estimate of drug-likeness (QED) is 0.0222. The van der Waals surface area contributed by atoms with Crippen molar-refractivity contribution in [3.8, 4) is 0 Å². The SMILES string of the molecule is CCCCCCCCCCCCCCCCCCCCCCCCC(=O)O[C@H](COC(=O)CCCCCCCCCCCCCCCCCCCC)COP(=O)(O)OC[C@@H](O)COP(=O)(O)OC[C@@H](COC(=O)CCCCCCCCC(C)CC)OC(=O)CCCCCCCCCCCCC(C)C. The highest BCUT2D eigenvalue weighted by atomic mass is 31.2. The van der Waals surface area contributed by atoms with Crippen LogP contribution in [0.25, 0.3) is 0 Å². The van der Waals surface area contributed by atoms with Crippen molar-refractivity contribution in [3.63, 3.8) is 0 Å². The molecule has 0 heterocycles. The molecule has 0 aliphatic rings. The monoisotopic (exact) mass is 1510 g/mol. The van der Waals surface area contributed by atoms with E-state index in [0.29, 0.717) is 25.7 Å². The first-order valence-corrected chi connectivity index (χ1v) is 46.5. The van der Waals surface area contributed by atoms with E-state index in [1.54, 1.807) is 0 Å². The maximum absolute atomic E-state index is 13.1. The van der Waals surface area contributed by atoms with E-state index in [0.717, 1.165) is 108 Å². The number of aliphatic hydroxyl groups is 1. The third-order valence-electron chi connectivity index (χ3n) is 20.1. The van der Waals surface area contributed by atoms with E-state index in [4.69, 9.17) is 37.0 Å². The normalized spacial score (nSPS) is 14.1. The van der Waals surface area contributed by atoms with Gasteiger partial charge in [-0.3, -0.25) is 37.3 Å². The molecule has 0 aromatic rings. The molecule has 3 unspecified atom stereocenters. The van der Waals surface area contributed by atoms with Crippen LogP contribution in [0.2, 0.25) is 0 Å². The number of hydrogen-bond donors (Lipinski definition) is 3. The van der Waals surface area contributed by atoms with Gasteiger partial charge in [-0.25, -0.2) is 9.13 Å². The summed E-state index contributed by atoms with van der Waals surface area (Å²) in [5.41, 5.74) is 0. The summed E-state index contributed by atoms with van der Waals surface area (Å²) in [7, 11) is -9.92. The molecular weight excluding hydrogens is 1340 g/mol. The highest BCUT2D eigenvalue weighted by Crippen LogP contribution is 2.45. The van der Waals surface area contributed by atoms with E-state index in [1.165, 1.54) is 257 Å². The fourth-order valence-corrected chi connectivity index (χ4v) is 14.6. The van der Waals surface area contributed by atoms with Crippen LogP contribution in [-0.2, 0) is 65.4 Å². The fraction of sp³-hybridized carbons (Fsp3) is 0.952. The van der Waals surface area contributed by atoms with Crippen LogP contribution in [0.5, 0.6) is 0 Å². The van der Waals surface area contributed by atoms with Crippen molar-refractivity contribution in [3.05, 3.63) is 0 Å². The molecule has 0 aromatic carbocycles. The number of phosphoric ester groups is 2. The highest BCUT2D eigenvalue weighted by Gasteiger charge is 2.30. The zero-order valence-electron chi connectivity index (χ0n) is 67.6. The Morgan fingerprint density at radius 1 is 0.282 bits per heavy atom. The molecule has 6 atom stereocenters. The number of carbonyl (C=O) groups excluding carboxylic acids is 4. The largest absolute Gasteiger partial charge is 0.472 e. The van der Waals surface area contributed by atoms with Crippen molar-refractivity contribution in [2.75, 3.05) is 39.6 Å². The first kappa shape index (κ1) is 101. The number of unbranched alkanes of at least 4 members (excludes halogenated alkanes) is 52. The molecule has 0 saturated carbocycles. The third kappa shape index (κ3) is 76.6. The van der Waals surface area contributed by atoms with Gasteiger partial charge in [-0.15, -0.1) is 0 Å². The second-order valence-electron chi connectivity index (χ2n) is 30.9. The minimum Gasteiger partial charge on any atom is -0.462 e. The first-order valence-electron chi connectivity index (χ1n) is 43.5. The average molecular weight is 1510 g/mol. The molecule has 19 heteroatoms. The van der Waals surface area contributed by atoms with Crippen LogP contribution in [0.3, 0.4) is 0 Å². The molecule has 0 amide bonds. The van der Waals surface area contributed by atoms with Crippen molar-refractivity contribution in [1.29, 1.82) is 0 Å². The van der Waals surface area contributed by atoms with Gasteiger partial charge >= 0.3 is 39.5 Å². The summed E-state index contributed by atoms with van der Waals surface area (Å²) in [6.45, 7) is 9.60. The Hall–Kier alpha value is -1.94. The summed E-state index contributed by atoms with van der Waals surface area (Å²) in [5.74, 6) is -0.625. The summed E-state index contributed by atoms with van der Waals surface area (Å²) >= 11 is 0. The lowest BCUT2D eigenvalue weighted by atomic mass is 10.00. The Balaban J connectivity index is 5.21. The summed E-state index contributed by atoms with van der Waals surface area (Å²) < 4.78 is 68.8. The summed E-state index contributed by atoms with van der Waals surface area (Å²) in [6.07, 6.45) is 66.9. The second-order valence-corrected chi connectivity index (χ2v) is 33.8. The Labute approximate surface area is 632 Å². The predicted molar refractivity (Wildman–Crippen MR) is 423 cm³/mol. The summed E-state index contributed by atoms with van der Waals surface area (Å²) in [4.78, 5) is 73.1. The zero-order chi connectivity index (χ0) is 75.6. The number of phosphoric acid groups is 2. The van der Waals surface area contributed by atoms with Gasteiger partial charge in [0.2, 0.25) is 0 Å². The third-order valence-corrected chi connectivity index (χ3v) is 22.0. The van der Waals surface area contributed by atoms with E-state index in [1.807, 2.05) is 0 Å². The standard InChI is InChI=1S/C84H164O17P2/c1-7-10-12-14-16-18-20-22-24-26-28-29-30-31-33-35-37-39-44-48-56-62-68-83(88)100-79(72-94-81(86)66-60-54-47-43-38-36-34-32-27-25-23-21-19-17-15-13-11-8-2)74-98-102(90,91)96-70-78(85)71-97-103(92,93)99-75-80(73-95-82(87)67-61-55-51-50-53-59-65-77(6)9-3)101-84(89)69-63-57-49-45-41-40-42-46-52-58-64-76(4)5/h76-80,85H,7-75H2,1-6H3,(H,90,91)(H,92,93)/t77?,78-,79-,80-/m1/s1. The molecule has 0 rings (SSSR count). The number of aliphatic hydroxyl groups excluding tert-OH is 1. The van der Waals surface area contributed by atoms with Crippen LogP contribution < -0.4 is 0 Å². The Morgan fingerprint density at radius 2 is 0.495 bits per heavy atom. The van der Waals surface area contributed by atoms with Gasteiger partial charge in [0.15, 0.2) is 12.2 Å². The Kier molecular flexibility index (Phi) is 74.1. The number of rotatable bonds is 83. The lowest BCUT2D eigenvalue weighted by Crippen LogP contribution is -2.30. The van der Waals surface area contributed by atoms with Crippen LogP contribution in [-0.4, -0.2) is 96.7 Å². The molecule has 0 aromatic heterocycles.